The van der Waals surface area contributed by atoms with Gasteiger partial charge in [-0.25, -0.2) is 0 Å². The van der Waals surface area contributed by atoms with Gasteiger partial charge in [-0.1, -0.05) is 11.8 Å². The minimum atomic E-state index is -4.43. The number of halogens is 3. The number of nitrogen functional groups attached to an aromatic ring is 1. The molecule has 0 aromatic heterocycles. The number of hydrogen-bond acceptors (Lipinski definition) is 2. The van der Waals surface area contributed by atoms with Gasteiger partial charge < -0.3 is 11.1 Å². The number of nitrogens with two attached hydrogens (primary N) is 1. The summed E-state index contributed by atoms with van der Waals surface area (Å²) in [5.74, 6) is 5.20. The molecule has 2 nitrogen and oxygen atoms in total. The monoisotopic (exact) mass is 242 g/mol. The predicted octanol–water partition coefficient (Wildman–Crippen LogP) is 2.25. The summed E-state index contributed by atoms with van der Waals surface area (Å²) < 4.78 is 38.0. The van der Waals surface area contributed by atoms with Gasteiger partial charge in [-0.2, -0.15) is 13.2 Å². The molecular weight excluding hydrogens is 229 g/mol. The number of rotatable bonds is 2. The van der Waals surface area contributed by atoms with Crippen LogP contribution < -0.4 is 11.1 Å². The van der Waals surface area contributed by atoms with Crippen molar-refractivity contribution in [2.24, 2.45) is 0 Å². The fourth-order valence-electron chi connectivity index (χ4n) is 1.25. The Bertz CT molecular complexity index is 441. The Kier molecular flexibility index (Phi) is 4.41. The third-order valence-corrected chi connectivity index (χ3v) is 2.07. The maximum Gasteiger partial charge on any atom is 0.417 e. The summed E-state index contributed by atoms with van der Waals surface area (Å²) in [6, 6.07) is 3.62. The highest BCUT2D eigenvalue weighted by Gasteiger charge is 2.33. The molecule has 0 bridgehead atoms. The fraction of sp³-hybridized carbons (Fsp3) is 0.333. The van der Waals surface area contributed by atoms with Gasteiger partial charge in [-0.3, -0.25) is 0 Å². The largest absolute Gasteiger partial charge is 0.417 e. The lowest BCUT2D eigenvalue weighted by atomic mass is 10.1. The fourth-order valence-corrected chi connectivity index (χ4v) is 1.25. The molecule has 92 valence electrons. The summed E-state index contributed by atoms with van der Waals surface area (Å²) in [7, 11) is 1.76. The Morgan fingerprint density at radius 3 is 2.65 bits per heavy atom. The van der Waals surface area contributed by atoms with Crippen molar-refractivity contribution in [3.05, 3.63) is 29.3 Å². The third-order valence-electron chi connectivity index (χ3n) is 2.07. The second-order valence-corrected chi connectivity index (χ2v) is 3.46. The molecule has 0 aliphatic rings. The minimum absolute atomic E-state index is 0.0391. The van der Waals surface area contributed by atoms with E-state index in [1.165, 1.54) is 12.1 Å². The Morgan fingerprint density at radius 2 is 2.06 bits per heavy atom. The van der Waals surface area contributed by atoms with E-state index in [1.807, 2.05) is 0 Å². The van der Waals surface area contributed by atoms with Gasteiger partial charge in [0.1, 0.15) is 0 Å². The summed E-state index contributed by atoms with van der Waals surface area (Å²) in [4.78, 5) is 0. The molecule has 0 unspecified atom stereocenters. The summed E-state index contributed by atoms with van der Waals surface area (Å²) in [5.41, 5.74) is 4.60. The Morgan fingerprint density at radius 1 is 1.35 bits per heavy atom. The van der Waals surface area contributed by atoms with Gasteiger partial charge >= 0.3 is 6.18 Å². The van der Waals surface area contributed by atoms with Crippen LogP contribution in [0.2, 0.25) is 0 Å². The molecule has 0 saturated heterocycles. The molecule has 0 amide bonds. The van der Waals surface area contributed by atoms with E-state index in [-0.39, 0.29) is 11.3 Å². The number of nitrogens with one attached hydrogen (secondary N) is 1. The van der Waals surface area contributed by atoms with E-state index in [9.17, 15) is 13.2 Å². The van der Waals surface area contributed by atoms with E-state index in [0.29, 0.717) is 13.0 Å². The highest BCUT2D eigenvalue weighted by atomic mass is 19.4. The van der Waals surface area contributed by atoms with Gasteiger partial charge in [0.2, 0.25) is 0 Å². The van der Waals surface area contributed by atoms with Crippen molar-refractivity contribution in [3.63, 3.8) is 0 Å². The summed E-state index contributed by atoms with van der Waals surface area (Å²) >= 11 is 0. The van der Waals surface area contributed by atoms with E-state index < -0.39 is 11.7 Å². The van der Waals surface area contributed by atoms with E-state index in [2.05, 4.69) is 17.2 Å². The van der Waals surface area contributed by atoms with Gasteiger partial charge in [0.25, 0.3) is 0 Å². The average Bonchev–Trinajstić information content (AvgIpc) is 2.25. The van der Waals surface area contributed by atoms with Gasteiger partial charge in [0.05, 0.1) is 5.56 Å². The molecule has 0 spiro atoms. The number of alkyl halides is 3. The first kappa shape index (κ1) is 13.4. The van der Waals surface area contributed by atoms with Crippen molar-refractivity contribution in [1.29, 1.82) is 0 Å². The zero-order valence-corrected chi connectivity index (χ0v) is 9.36. The van der Waals surface area contributed by atoms with Crippen molar-refractivity contribution in [2.75, 3.05) is 19.3 Å². The van der Waals surface area contributed by atoms with E-state index in [4.69, 9.17) is 5.73 Å². The average molecular weight is 242 g/mol. The van der Waals surface area contributed by atoms with Gasteiger partial charge in [0.15, 0.2) is 0 Å². The first-order valence-electron chi connectivity index (χ1n) is 5.05. The molecular formula is C12H13F3N2. The highest BCUT2D eigenvalue weighted by Crippen LogP contribution is 2.32. The van der Waals surface area contributed by atoms with Gasteiger partial charge in [-0.05, 0) is 25.2 Å². The number of anilines is 1. The van der Waals surface area contributed by atoms with Crippen molar-refractivity contribution < 1.29 is 13.2 Å². The SMILES string of the molecule is CNCCC#Cc1ccc(N)cc1C(F)(F)F. The molecule has 0 radical (unpaired) electrons. The number of benzene rings is 1. The van der Waals surface area contributed by atoms with Crippen molar-refractivity contribution in [1.82, 2.24) is 5.32 Å². The zero-order chi connectivity index (χ0) is 12.9. The molecule has 1 aromatic carbocycles. The topological polar surface area (TPSA) is 38.0 Å². The van der Waals surface area contributed by atoms with Crippen LogP contribution in [0.4, 0.5) is 18.9 Å². The molecule has 0 fully saturated rings. The number of hydrogen-bond donors (Lipinski definition) is 2. The lowest BCUT2D eigenvalue weighted by Crippen LogP contribution is -2.09. The molecule has 3 N–H and O–H groups in total. The quantitative estimate of drug-likeness (QED) is 0.474. The van der Waals surface area contributed by atoms with Crippen molar-refractivity contribution in [3.8, 4) is 11.8 Å². The first-order valence-corrected chi connectivity index (χ1v) is 5.05. The van der Waals surface area contributed by atoms with Crippen LogP contribution in [0.15, 0.2) is 18.2 Å². The van der Waals surface area contributed by atoms with E-state index >= 15 is 0 Å². The van der Waals surface area contributed by atoms with Crippen LogP contribution >= 0.6 is 0 Å². The van der Waals surface area contributed by atoms with Crippen LogP contribution in [-0.2, 0) is 6.18 Å². The minimum Gasteiger partial charge on any atom is -0.399 e. The zero-order valence-electron chi connectivity index (χ0n) is 9.36. The van der Waals surface area contributed by atoms with Crippen LogP contribution in [-0.4, -0.2) is 13.6 Å². The van der Waals surface area contributed by atoms with Crippen LogP contribution in [0.25, 0.3) is 0 Å². The van der Waals surface area contributed by atoms with E-state index in [0.717, 1.165) is 6.07 Å². The summed E-state index contributed by atoms with van der Waals surface area (Å²) in [5, 5.41) is 2.86. The molecule has 0 heterocycles. The third kappa shape index (κ3) is 4.00. The molecule has 0 saturated carbocycles. The lowest BCUT2D eigenvalue weighted by Gasteiger charge is -2.09. The molecule has 17 heavy (non-hydrogen) atoms. The Hall–Kier alpha value is -1.67. The van der Waals surface area contributed by atoms with Gasteiger partial charge in [-0.15, -0.1) is 0 Å². The normalized spacial score (nSPS) is 10.8. The van der Waals surface area contributed by atoms with Crippen molar-refractivity contribution >= 4 is 5.69 Å². The first-order chi connectivity index (χ1) is 7.95. The molecule has 5 heteroatoms. The maximum atomic E-state index is 12.7. The molecule has 1 aromatic rings. The predicted molar refractivity (Wildman–Crippen MR) is 61.3 cm³/mol. The molecule has 0 aliphatic carbocycles. The summed E-state index contributed by atoms with van der Waals surface area (Å²) in [6.45, 7) is 0.642. The molecule has 0 atom stereocenters. The Balaban J connectivity index is 3.02. The second-order valence-electron chi connectivity index (χ2n) is 3.46. The van der Waals surface area contributed by atoms with Crippen LogP contribution in [0.1, 0.15) is 17.5 Å². The Labute approximate surface area is 98.0 Å². The molecule has 1 rings (SSSR count). The van der Waals surface area contributed by atoms with Crippen molar-refractivity contribution in [2.45, 2.75) is 12.6 Å². The molecule has 0 aliphatic heterocycles. The van der Waals surface area contributed by atoms with Gasteiger partial charge in [0, 0.05) is 24.2 Å². The maximum absolute atomic E-state index is 12.7. The van der Waals surface area contributed by atoms with Crippen LogP contribution in [0, 0.1) is 11.8 Å². The smallest absolute Gasteiger partial charge is 0.399 e. The standard InChI is InChI=1S/C12H13F3N2/c1-17-7-3-2-4-9-5-6-10(16)8-11(9)12(13,14)15/h5-6,8,17H,3,7,16H2,1H3. The van der Waals surface area contributed by atoms with E-state index in [1.54, 1.807) is 7.05 Å². The van der Waals surface area contributed by atoms with Crippen LogP contribution in [0.3, 0.4) is 0 Å². The summed E-state index contributed by atoms with van der Waals surface area (Å²) in [6.07, 6.45) is -3.93. The highest BCUT2D eigenvalue weighted by molar-refractivity contribution is 5.51. The second kappa shape index (κ2) is 5.60. The lowest BCUT2D eigenvalue weighted by molar-refractivity contribution is -0.137. The van der Waals surface area contributed by atoms with Crippen LogP contribution in [0.5, 0.6) is 0 Å².